The monoisotopic (exact) mass is 748 g/mol. The standard InChI is InChI=1S/C53H37N2OP/c56-57(44-21-9-3-10-22-44,45-23-11-4-12-24-45)51-37-49-52(47-26-14-13-25-46(47)51)48-27-15-16-28-50(48)54-53(49)40-31-35-43(36-32-40)55(41-19-7-2-8-20-41)42-33-29-39(30-34-42)38-17-5-1-6-18-38/h1-37H. The molecule has 0 atom stereocenters. The first kappa shape index (κ1) is 34.4. The Balaban J connectivity index is 1.18. The van der Waals surface area contributed by atoms with Gasteiger partial charge in [0.2, 0.25) is 0 Å². The Kier molecular flexibility index (Phi) is 8.79. The minimum absolute atomic E-state index is 0.804. The molecule has 57 heavy (non-hydrogen) atoms. The van der Waals surface area contributed by atoms with Gasteiger partial charge in [0, 0.05) is 54.7 Å². The fourth-order valence-corrected chi connectivity index (χ4v) is 11.1. The van der Waals surface area contributed by atoms with Gasteiger partial charge < -0.3 is 9.46 Å². The van der Waals surface area contributed by atoms with Crippen LogP contribution in [-0.2, 0) is 4.57 Å². The summed E-state index contributed by atoms with van der Waals surface area (Å²) in [6, 6.07) is 77.2. The summed E-state index contributed by atoms with van der Waals surface area (Å²) in [4.78, 5) is 7.66. The lowest BCUT2D eigenvalue weighted by molar-refractivity contribution is 0.592. The summed E-state index contributed by atoms with van der Waals surface area (Å²) < 4.78 is 16.1. The van der Waals surface area contributed by atoms with Gasteiger partial charge in [-0.15, -0.1) is 0 Å². The lowest BCUT2D eigenvalue weighted by Crippen LogP contribution is -2.25. The van der Waals surface area contributed by atoms with Crippen LogP contribution in [-0.4, -0.2) is 4.98 Å². The van der Waals surface area contributed by atoms with Crippen molar-refractivity contribution in [3.8, 4) is 22.4 Å². The normalized spacial score (nSPS) is 11.6. The second-order valence-corrected chi connectivity index (χ2v) is 17.0. The molecule has 10 rings (SSSR count). The SMILES string of the molecule is O=P(c1ccccc1)(c1ccccc1)c1cc2c(-c3ccc(N(c4ccccc4)c4ccc(-c5ccccc5)cc4)cc3)nc3ccccc3c2c2ccccc12. The molecule has 0 amide bonds. The second kappa shape index (κ2) is 14.5. The summed E-state index contributed by atoms with van der Waals surface area (Å²) in [5.74, 6) is 0. The Morgan fingerprint density at radius 3 is 1.40 bits per heavy atom. The molecule has 0 aliphatic heterocycles. The Labute approximate surface area is 332 Å². The molecular weight excluding hydrogens is 712 g/mol. The average Bonchev–Trinajstić information content (AvgIpc) is 3.30. The molecule has 1 aromatic heterocycles. The van der Waals surface area contributed by atoms with Gasteiger partial charge in [-0.05, 0) is 70.4 Å². The van der Waals surface area contributed by atoms with E-state index in [1.165, 1.54) is 11.1 Å². The summed E-state index contributed by atoms with van der Waals surface area (Å²) in [5.41, 5.74) is 8.29. The van der Waals surface area contributed by atoms with E-state index in [2.05, 4.69) is 150 Å². The molecule has 0 spiro atoms. The van der Waals surface area contributed by atoms with E-state index in [0.717, 1.165) is 76.7 Å². The Hall–Kier alpha value is -7.06. The molecule has 0 saturated heterocycles. The van der Waals surface area contributed by atoms with Crippen LogP contribution in [0.5, 0.6) is 0 Å². The van der Waals surface area contributed by atoms with Crippen LogP contribution in [0.1, 0.15) is 0 Å². The van der Waals surface area contributed by atoms with Crippen LogP contribution in [0.2, 0.25) is 0 Å². The molecule has 0 unspecified atom stereocenters. The molecule has 0 saturated carbocycles. The maximum atomic E-state index is 16.1. The van der Waals surface area contributed by atoms with Crippen molar-refractivity contribution in [2.75, 3.05) is 4.90 Å². The first-order chi connectivity index (χ1) is 28.2. The second-order valence-electron chi connectivity index (χ2n) is 14.3. The number of fused-ring (bicyclic) bond motifs is 5. The highest BCUT2D eigenvalue weighted by Crippen LogP contribution is 2.47. The topological polar surface area (TPSA) is 33.2 Å². The van der Waals surface area contributed by atoms with Crippen LogP contribution in [0.25, 0.3) is 54.8 Å². The third kappa shape index (κ3) is 6.10. The number of para-hydroxylation sites is 2. The fraction of sp³-hybridized carbons (Fsp3) is 0. The molecule has 1 heterocycles. The lowest BCUT2D eigenvalue weighted by Gasteiger charge is -2.26. The van der Waals surface area contributed by atoms with Gasteiger partial charge in [-0.1, -0.05) is 176 Å². The smallest absolute Gasteiger partial charge is 0.171 e. The van der Waals surface area contributed by atoms with Gasteiger partial charge in [0.05, 0.1) is 11.2 Å². The molecule has 9 aromatic carbocycles. The van der Waals surface area contributed by atoms with Crippen LogP contribution in [0.3, 0.4) is 0 Å². The van der Waals surface area contributed by atoms with E-state index in [0.29, 0.717) is 0 Å². The van der Waals surface area contributed by atoms with Crippen molar-refractivity contribution >= 4 is 72.6 Å². The van der Waals surface area contributed by atoms with Gasteiger partial charge in [0.15, 0.2) is 7.14 Å². The van der Waals surface area contributed by atoms with Crippen LogP contribution < -0.4 is 20.8 Å². The third-order valence-electron chi connectivity index (χ3n) is 10.9. The number of rotatable bonds is 8. The molecular formula is C53H37N2OP. The van der Waals surface area contributed by atoms with Crippen LogP contribution >= 0.6 is 7.14 Å². The van der Waals surface area contributed by atoms with Gasteiger partial charge in [0.25, 0.3) is 0 Å². The number of aromatic nitrogens is 1. The quantitative estimate of drug-likeness (QED) is 0.115. The molecule has 0 bridgehead atoms. The Morgan fingerprint density at radius 1 is 0.368 bits per heavy atom. The molecule has 0 aliphatic carbocycles. The van der Waals surface area contributed by atoms with Crippen LogP contribution in [0.4, 0.5) is 17.1 Å². The van der Waals surface area contributed by atoms with Crippen molar-refractivity contribution in [3.05, 3.63) is 224 Å². The maximum absolute atomic E-state index is 16.1. The zero-order valence-corrected chi connectivity index (χ0v) is 32.0. The van der Waals surface area contributed by atoms with Crippen molar-refractivity contribution in [2.24, 2.45) is 0 Å². The highest BCUT2D eigenvalue weighted by Gasteiger charge is 2.32. The predicted octanol–water partition coefficient (Wildman–Crippen LogP) is 13.0. The van der Waals surface area contributed by atoms with Gasteiger partial charge in [-0.3, -0.25) is 0 Å². The van der Waals surface area contributed by atoms with Crippen LogP contribution in [0.15, 0.2) is 224 Å². The minimum Gasteiger partial charge on any atom is -0.311 e. The molecule has 4 heteroatoms. The van der Waals surface area contributed by atoms with Crippen molar-refractivity contribution in [1.29, 1.82) is 0 Å². The first-order valence-corrected chi connectivity index (χ1v) is 20.9. The van der Waals surface area contributed by atoms with E-state index in [-0.39, 0.29) is 0 Å². The molecule has 0 aliphatic rings. The van der Waals surface area contributed by atoms with E-state index in [9.17, 15) is 0 Å². The largest absolute Gasteiger partial charge is 0.311 e. The highest BCUT2D eigenvalue weighted by atomic mass is 31.2. The summed E-state index contributed by atoms with van der Waals surface area (Å²) >= 11 is 0. The van der Waals surface area contributed by atoms with Crippen molar-refractivity contribution in [2.45, 2.75) is 0 Å². The third-order valence-corrected chi connectivity index (χ3v) is 14.0. The summed E-state index contributed by atoms with van der Waals surface area (Å²) in [6.45, 7) is 0. The number of hydrogen-bond acceptors (Lipinski definition) is 3. The van der Waals surface area contributed by atoms with Gasteiger partial charge in [-0.2, -0.15) is 0 Å². The summed E-state index contributed by atoms with van der Waals surface area (Å²) in [5, 5.41) is 7.61. The van der Waals surface area contributed by atoms with Crippen molar-refractivity contribution in [3.63, 3.8) is 0 Å². The number of hydrogen-bond donors (Lipinski definition) is 0. The van der Waals surface area contributed by atoms with Crippen LogP contribution in [0, 0.1) is 0 Å². The van der Waals surface area contributed by atoms with Crippen molar-refractivity contribution in [1.82, 2.24) is 4.98 Å². The van der Waals surface area contributed by atoms with Gasteiger partial charge in [0.1, 0.15) is 0 Å². The maximum Gasteiger partial charge on any atom is 0.171 e. The van der Waals surface area contributed by atoms with E-state index in [1.807, 2.05) is 78.9 Å². The van der Waals surface area contributed by atoms with Crippen molar-refractivity contribution < 1.29 is 4.57 Å². The summed E-state index contributed by atoms with van der Waals surface area (Å²) in [6.07, 6.45) is 0. The Morgan fingerprint density at radius 2 is 0.807 bits per heavy atom. The van der Waals surface area contributed by atoms with E-state index in [1.54, 1.807) is 0 Å². The van der Waals surface area contributed by atoms with E-state index in [4.69, 9.17) is 4.98 Å². The molecule has 0 N–H and O–H groups in total. The van der Waals surface area contributed by atoms with E-state index >= 15 is 4.57 Å². The number of benzene rings is 9. The molecule has 0 radical (unpaired) electrons. The Bertz CT molecular complexity index is 3020. The fourth-order valence-electron chi connectivity index (χ4n) is 8.21. The zero-order valence-electron chi connectivity index (χ0n) is 31.1. The minimum atomic E-state index is -3.34. The molecule has 270 valence electrons. The molecule has 10 aromatic rings. The summed E-state index contributed by atoms with van der Waals surface area (Å²) in [7, 11) is -3.34. The molecule has 3 nitrogen and oxygen atoms in total. The van der Waals surface area contributed by atoms with E-state index < -0.39 is 7.14 Å². The van der Waals surface area contributed by atoms with Gasteiger partial charge in [-0.25, -0.2) is 4.98 Å². The number of pyridine rings is 1. The average molecular weight is 749 g/mol. The van der Waals surface area contributed by atoms with Gasteiger partial charge >= 0.3 is 0 Å². The zero-order chi connectivity index (χ0) is 38.2. The predicted molar refractivity (Wildman–Crippen MR) is 242 cm³/mol. The number of anilines is 3. The highest BCUT2D eigenvalue weighted by molar-refractivity contribution is 7.85. The first-order valence-electron chi connectivity index (χ1n) is 19.2. The molecule has 0 fully saturated rings. The number of nitrogens with zero attached hydrogens (tertiary/aromatic N) is 2. The lowest BCUT2D eigenvalue weighted by atomic mass is 9.95.